The van der Waals surface area contributed by atoms with Crippen LogP contribution in [0.15, 0.2) is 34.5 Å². The molecule has 0 aliphatic rings. The van der Waals surface area contributed by atoms with Gasteiger partial charge in [0.25, 0.3) is 5.91 Å². The van der Waals surface area contributed by atoms with Crippen LogP contribution in [0, 0.1) is 0 Å². The summed E-state index contributed by atoms with van der Waals surface area (Å²) in [6, 6.07) is 4.69. The molecule has 0 aliphatic heterocycles. The Morgan fingerprint density at radius 3 is 2.27 bits per heavy atom. The summed E-state index contributed by atoms with van der Waals surface area (Å²) in [6.07, 6.45) is 0. The zero-order valence-corrected chi connectivity index (χ0v) is 20.4. The third-order valence-corrected chi connectivity index (χ3v) is 4.89. The van der Waals surface area contributed by atoms with Gasteiger partial charge < -0.3 is 24.3 Å². The molecule has 0 aliphatic carbocycles. The van der Waals surface area contributed by atoms with Crippen molar-refractivity contribution in [2.24, 2.45) is 10.2 Å². The average molecular weight is 498 g/mol. The SMILES string of the molecule is CCOc1cc(NC(=O)C(N=Nc2cc(OC)cc(OC)c2Cl)C(C)=O)cc(Cl)c1OCC. The van der Waals surface area contributed by atoms with Crippen molar-refractivity contribution < 1.29 is 28.5 Å². The van der Waals surface area contributed by atoms with Crippen molar-refractivity contribution in [1.29, 1.82) is 0 Å². The molecule has 0 radical (unpaired) electrons. The summed E-state index contributed by atoms with van der Waals surface area (Å²) < 4.78 is 21.4. The number of azo groups is 1. The van der Waals surface area contributed by atoms with Gasteiger partial charge in [0.15, 0.2) is 17.3 Å². The van der Waals surface area contributed by atoms with Crippen LogP contribution < -0.4 is 24.3 Å². The van der Waals surface area contributed by atoms with Crippen molar-refractivity contribution in [3.8, 4) is 23.0 Å². The number of methoxy groups -OCH3 is 2. The molecule has 0 spiro atoms. The van der Waals surface area contributed by atoms with Gasteiger partial charge in [-0.3, -0.25) is 9.59 Å². The maximum atomic E-state index is 12.8. The second-order valence-electron chi connectivity index (χ2n) is 6.53. The standard InChI is InChI=1S/C22H25Cl2N3O6/c1-6-32-18-9-13(8-15(23)21(18)33-7-2)25-22(29)20(12(3)28)27-26-16-10-14(30-4)11-17(31-5)19(16)24/h8-11,20H,6-7H2,1-5H3,(H,25,29). The van der Waals surface area contributed by atoms with Crippen molar-refractivity contribution in [1.82, 2.24) is 0 Å². The van der Waals surface area contributed by atoms with Gasteiger partial charge in [0.05, 0.1) is 32.5 Å². The zero-order chi connectivity index (χ0) is 24.5. The fourth-order valence-electron chi connectivity index (χ4n) is 2.73. The number of nitrogens with zero attached hydrogens (tertiary/aromatic N) is 2. The number of carbonyl (C=O) groups excluding carboxylic acids is 2. The summed E-state index contributed by atoms with van der Waals surface area (Å²) >= 11 is 12.5. The van der Waals surface area contributed by atoms with E-state index in [1.807, 2.05) is 6.92 Å². The number of carbonyl (C=O) groups is 2. The van der Waals surface area contributed by atoms with E-state index in [1.54, 1.807) is 19.1 Å². The number of ether oxygens (including phenoxy) is 4. The second kappa shape index (κ2) is 12.3. The molecule has 1 atom stereocenters. The lowest BCUT2D eigenvalue weighted by molar-refractivity contribution is -0.126. The molecule has 1 unspecified atom stereocenters. The van der Waals surface area contributed by atoms with Crippen LogP contribution in [-0.2, 0) is 9.59 Å². The Balaban J connectivity index is 2.33. The van der Waals surface area contributed by atoms with Gasteiger partial charge >= 0.3 is 0 Å². The summed E-state index contributed by atoms with van der Waals surface area (Å²) in [6.45, 7) is 5.60. The first-order chi connectivity index (χ1) is 15.7. The first-order valence-corrected chi connectivity index (χ1v) is 10.7. The van der Waals surface area contributed by atoms with Gasteiger partial charge in [0, 0.05) is 23.9 Å². The largest absolute Gasteiger partial charge is 0.497 e. The van der Waals surface area contributed by atoms with E-state index in [4.69, 9.17) is 42.1 Å². The number of hydrogen-bond acceptors (Lipinski definition) is 8. The predicted octanol–water partition coefficient (Wildman–Crippen LogP) is 5.49. The van der Waals surface area contributed by atoms with Crippen LogP contribution in [0.1, 0.15) is 20.8 Å². The number of rotatable bonds is 11. The van der Waals surface area contributed by atoms with Gasteiger partial charge in [0.2, 0.25) is 6.04 Å². The molecular formula is C22H25Cl2N3O6. The minimum Gasteiger partial charge on any atom is -0.497 e. The topological polar surface area (TPSA) is 108 Å². The Morgan fingerprint density at radius 2 is 1.70 bits per heavy atom. The predicted molar refractivity (Wildman–Crippen MR) is 126 cm³/mol. The van der Waals surface area contributed by atoms with Gasteiger partial charge in [0.1, 0.15) is 22.2 Å². The smallest absolute Gasteiger partial charge is 0.258 e. The molecular weight excluding hydrogens is 473 g/mol. The number of hydrogen-bond donors (Lipinski definition) is 1. The summed E-state index contributed by atoms with van der Waals surface area (Å²) in [7, 11) is 2.90. The molecule has 1 N–H and O–H groups in total. The summed E-state index contributed by atoms with van der Waals surface area (Å²) in [4.78, 5) is 25.0. The van der Waals surface area contributed by atoms with E-state index in [0.29, 0.717) is 41.9 Å². The van der Waals surface area contributed by atoms with Crippen molar-refractivity contribution in [3.63, 3.8) is 0 Å². The van der Waals surface area contributed by atoms with Crippen molar-refractivity contribution >= 4 is 46.3 Å². The molecule has 2 aromatic carbocycles. The van der Waals surface area contributed by atoms with E-state index in [2.05, 4.69) is 15.5 Å². The Hall–Kier alpha value is -3.04. The van der Waals surface area contributed by atoms with Gasteiger partial charge in [-0.15, -0.1) is 0 Å². The molecule has 0 bridgehead atoms. The number of Topliss-reactive ketones (excluding diaryl/α,β-unsaturated/α-hetero) is 1. The highest BCUT2D eigenvalue weighted by Crippen LogP contribution is 2.39. The Kier molecular flexibility index (Phi) is 9.74. The molecule has 0 saturated heterocycles. The summed E-state index contributed by atoms with van der Waals surface area (Å²) in [5.41, 5.74) is 0.481. The number of anilines is 1. The lowest BCUT2D eigenvalue weighted by Crippen LogP contribution is -2.31. The molecule has 0 fully saturated rings. The fourth-order valence-corrected chi connectivity index (χ4v) is 3.22. The van der Waals surface area contributed by atoms with Crippen LogP contribution in [0.25, 0.3) is 0 Å². The van der Waals surface area contributed by atoms with Crippen LogP contribution in [0.4, 0.5) is 11.4 Å². The van der Waals surface area contributed by atoms with Gasteiger partial charge in [-0.2, -0.15) is 10.2 Å². The molecule has 2 rings (SSSR count). The maximum absolute atomic E-state index is 12.8. The molecule has 0 heterocycles. The Morgan fingerprint density at radius 1 is 1.00 bits per heavy atom. The van der Waals surface area contributed by atoms with Gasteiger partial charge in [-0.05, 0) is 26.8 Å². The molecule has 178 valence electrons. The highest BCUT2D eigenvalue weighted by Gasteiger charge is 2.24. The second-order valence-corrected chi connectivity index (χ2v) is 7.32. The molecule has 1 amide bonds. The molecule has 33 heavy (non-hydrogen) atoms. The number of halogens is 2. The van der Waals surface area contributed by atoms with E-state index in [0.717, 1.165) is 0 Å². The van der Waals surface area contributed by atoms with Crippen LogP contribution in [0.3, 0.4) is 0 Å². The van der Waals surface area contributed by atoms with Crippen LogP contribution in [0.5, 0.6) is 23.0 Å². The number of amides is 1. The molecule has 0 saturated carbocycles. The maximum Gasteiger partial charge on any atom is 0.258 e. The van der Waals surface area contributed by atoms with Crippen molar-refractivity contribution in [3.05, 3.63) is 34.3 Å². The normalized spacial score (nSPS) is 11.7. The minimum atomic E-state index is -1.43. The molecule has 0 aromatic heterocycles. The van der Waals surface area contributed by atoms with Crippen molar-refractivity contribution in [2.75, 3.05) is 32.8 Å². The quantitative estimate of drug-likeness (QED) is 0.324. The average Bonchev–Trinajstić information content (AvgIpc) is 2.77. The van der Waals surface area contributed by atoms with E-state index in [1.165, 1.54) is 33.3 Å². The van der Waals surface area contributed by atoms with Crippen LogP contribution in [0.2, 0.25) is 10.0 Å². The van der Waals surface area contributed by atoms with E-state index in [-0.39, 0.29) is 15.7 Å². The fraction of sp³-hybridized carbons (Fsp3) is 0.364. The third-order valence-electron chi connectivity index (χ3n) is 4.23. The monoisotopic (exact) mass is 497 g/mol. The highest BCUT2D eigenvalue weighted by atomic mass is 35.5. The summed E-state index contributed by atoms with van der Waals surface area (Å²) in [5.74, 6) is 0.217. The zero-order valence-electron chi connectivity index (χ0n) is 18.9. The molecule has 2 aromatic rings. The van der Waals surface area contributed by atoms with Gasteiger partial charge in [-0.25, -0.2) is 0 Å². The lowest BCUT2D eigenvalue weighted by atomic mass is 10.2. The van der Waals surface area contributed by atoms with E-state index in [9.17, 15) is 9.59 Å². The van der Waals surface area contributed by atoms with Crippen molar-refractivity contribution in [2.45, 2.75) is 26.8 Å². The third kappa shape index (κ3) is 6.72. The van der Waals surface area contributed by atoms with E-state index >= 15 is 0 Å². The molecule has 11 heteroatoms. The minimum absolute atomic E-state index is 0.157. The van der Waals surface area contributed by atoms with Crippen LogP contribution in [-0.4, -0.2) is 45.2 Å². The number of benzene rings is 2. The Labute approximate surface area is 202 Å². The summed E-state index contributed by atoms with van der Waals surface area (Å²) in [5, 5.41) is 10.9. The van der Waals surface area contributed by atoms with E-state index < -0.39 is 17.7 Å². The first-order valence-electron chi connectivity index (χ1n) is 9.98. The Bertz CT molecular complexity index is 1050. The van der Waals surface area contributed by atoms with Gasteiger partial charge in [-0.1, -0.05) is 23.2 Å². The lowest BCUT2D eigenvalue weighted by Gasteiger charge is -2.15. The first kappa shape index (κ1) is 26.2. The van der Waals surface area contributed by atoms with Crippen LogP contribution >= 0.6 is 23.2 Å². The number of ketones is 1. The number of nitrogens with one attached hydrogen (secondary N) is 1. The highest BCUT2D eigenvalue weighted by molar-refractivity contribution is 6.34. The molecule has 9 nitrogen and oxygen atoms in total.